The van der Waals surface area contributed by atoms with Crippen LogP contribution in [0.1, 0.15) is 41.0 Å². The van der Waals surface area contributed by atoms with Gasteiger partial charge in [-0.2, -0.15) is 0 Å². The number of hydrogen-bond acceptors (Lipinski definition) is 5. The molecule has 0 saturated heterocycles. The van der Waals surface area contributed by atoms with Gasteiger partial charge in [-0.3, -0.25) is 19.2 Å². The van der Waals surface area contributed by atoms with Crippen molar-refractivity contribution in [1.29, 1.82) is 0 Å². The Kier molecular flexibility index (Phi) is 9.73. The maximum atomic E-state index is 12.6. The zero-order chi connectivity index (χ0) is 19.7. The highest BCUT2D eigenvalue weighted by Gasteiger charge is 2.31. The summed E-state index contributed by atoms with van der Waals surface area (Å²) in [6.45, 7) is 8.12. The fourth-order valence-electron chi connectivity index (χ4n) is 2.04. The number of hydrogen-bond donors (Lipinski definition) is 5. The Morgan fingerprint density at radius 2 is 1.44 bits per heavy atom. The Labute approximate surface area is 148 Å². The lowest BCUT2D eigenvalue weighted by molar-refractivity contribution is -0.139. The first-order chi connectivity index (χ1) is 11.5. The van der Waals surface area contributed by atoms with E-state index in [1.165, 1.54) is 6.92 Å². The van der Waals surface area contributed by atoms with Crippen LogP contribution in [-0.4, -0.2) is 53.5 Å². The molecule has 0 aromatic heterocycles. The van der Waals surface area contributed by atoms with Crippen molar-refractivity contribution < 1.29 is 24.3 Å². The molecule has 6 N–H and O–H groups in total. The largest absolute Gasteiger partial charge is 0.480 e. The van der Waals surface area contributed by atoms with Crippen LogP contribution in [0, 0.1) is 11.8 Å². The molecule has 0 saturated carbocycles. The van der Waals surface area contributed by atoms with Gasteiger partial charge >= 0.3 is 5.97 Å². The van der Waals surface area contributed by atoms with Gasteiger partial charge in [-0.1, -0.05) is 34.1 Å². The van der Waals surface area contributed by atoms with Crippen molar-refractivity contribution in [2.75, 3.05) is 6.54 Å². The third-order valence-corrected chi connectivity index (χ3v) is 3.87. The molecule has 0 aromatic rings. The third kappa shape index (κ3) is 7.97. The summed E-state index contributed by atoms with van der Waals surface area (Å²) >= 11 is 0. The van der Waals surface area contributed by atoms with E-state index < -0.39 is 48.4 Å². The Bertz CT molecular complexity index is 493. The second-order valence-electron chi connectivity index (χ2n) is 6.50. The van der Waals surface area contributed by atoms with Gasteiger partial charge in [0, 0.05) is 0 Å². The standard InChI is InChI=1S/C16H30N4O5/c1-6-9(4)13(15(24)18-7-11(21)22)20-16(25)12(8(2)3)19-14(23)10(5)17/h8-10,12-13H,6-7,17H2,1-5H3,(H,18,24)(H,19,23)(H,20,25)(H,21,22). The average molecular weight is 358 g/mol. The summed E-state index contributed by atoms with van der Waals surface area (Å²) in [7, 11) is 0. The summed E-state index contributed by atoms with van der Waals surface area (Å²) in [6.07, 6.45) is 0.601. The highest BCUT2D eigenvalue weighted by atomic mass is 16.4. The van der Waals surface area contributed by atoms with Gasteiger partial charge in [0.05, 0.1) is 6.04 Å². The molecule has 0 aromatic carbocycles. The molecule has 0 bridgehead atoms. The molecule has 4 atom stereocenters. The molecule has 0 fully saturated rings. The SMILES string of the molecule is CCC(C)C(NC(=O)C(NC(=O)C(C)N)C(C)C)C(=O)NCC(=O)O. The minimum atomic E-state index is -1.17. The van der Waals surface area contributed by atoms with Gasteiger partial charge in [0.25, 0.3) is 0 Å². The highest BCUT2D eigenvalue weighted by Crippen LogP contribution is 2.10. The Hall–Kier alpha value is -2.16. The van der Waals surface area contributed by atoms with Gasteiger partial charge in [-0.25, -0.2) is 0 Å². The number of rotatable bonds is 10. The molecule has 0 heterocycles. The number of amides is 3. The van der Waals surface area contributed by atoms with E-state index in [1.807, 2.05) is 6.92 Å². The van der Waals surface area contributed by atoms with Crippen LogP contribution in [0.5, 0.6) is 0 Å². The van der Waals surface area contributed by atoms with Crippen LogP contribution in [0.2, 0.25) is 0 Å². The number of nitrogens with one attached hydrogen (secondary N) is 3. The minimum absolute atomic E-state index is 0.213. The monoisotopic (exact) mass is 358 g/mol. The lowest BCUT2D eigenvalue weighted by atomic mass is 9.96. The maximum absolute atomic E-state index is 12.6. The van der Waals surface area contributed by atoms with E-state index in [1.54, 1.807) is 20.8 Å². The van der Waals surface area contributed by atoms with Crippen molar-refractivity contribution in [2.24, 2.45) is 17.6 Å². The molecule has 0 radical (unpaired) electrons. The first kappa shape index (κ1) is 22.8. The first-order valence-corrected chi connectivity index (χ1v) is 8.37. The molecular weight excluding hydrogens is 328 g/mol. The quantitative estimate of drug-likeness (QED) is 0.345. The number of carboxylic acid groups (broad SMARTS) is 1. The highest BCUT2D eigenvalue weighted by molar-refractivity contribution is 5.93. The smallest absolute Gasteiger partial charge is 0.322 e. The first-order valence-electron chi connectivity index (χ1n) is 8.37. The van der Waals surface area contributed by atoms with Gasteiger partial charge in [-0.05, 0) is 18.8 Å². The molecular formula is C16H30N4O5. The number of carbonyl (C=O) groups is 4. The van der Waals surface area contributed by atoms with E-state index in [2.05, 4.69) is 16.0 Å². The van der Waals surface area contributed by atoms with Gasteiger partial charge in [0.1, 0.15) is 18.6 Å². The molecule has 144 valence electrons. The van der Waals surface area contributed by atoms with Crippen molar-refractivity contribution in [3.63, 3.8) is 0 Å². The van der Waals surface area contributed by atoms with Crippen LogP contribution in [0.25, 0.3) is 0 Å². The molecule has 0 aliphatic rings. The fourth-order valence-corrected chi connectivity index (χ4v) is 2.04. The molecule has 25 heavy (non-hydrogen) atoms. The molecule has 0 spiro atoms. The second-order valence-corrected chi connectivity index (χ2v) is 6.50. The Balaban J connectivity index is 5.16. The zero-order valence-corrected chi connectivity index (χ0v) is 15.5. The fraction of sp³-hybridized carbons (Fsp3) is 0.750. The lowest BCUT2D eigenvalue weighted by Crippen LogP contribution is -2.58. The van der Waals surface area contributed by atoms with Crippen LogP contribution in [0.4, 0.5) is 0 Å². The van der Waals surface area contributed by atoms with Crippen molar-refractivity contribution in [1.82, 2.24) is 16.0 Å². The van der Waals surface area contributed by atoms with Crippen LogP contribution < -0.4 is 21.7 Å². The Morgan fingerprint density at radius 3 is 1.84 bits per heavy atom. The summed E-state index contributed by atoms with van der Waals surface area (Å²) in [4.78, 5) is 47.2. The molecule has 4 unspecified atom stereocenters. The van der Waals surface area contributed by atoms with E-state index in [0.717, 1.165) is 0 Å². The van der Waals surface area contributed by atoms with Crippen molar-refractivity contribution in [3.05, 3.63) is 0 Å². The summed E-state index contributed by atoms with van der Waals surface area (Å²) in [5.74, 6) is -3.17. The van der Waals surface area contributed by atoms with Crippen LogP contribution >= 0.6 is 0 Å². The number of carboxylic acids is 1. The molecule has 0 aliphatic carbocycles. The van der Waals surface area contributed by atoms with Gasteiger partial charge in [0.2, 0.25) is 17.7 Å². The van der Waals surface area contributed by atoms with E-state index in [0.29, 0.717) is 6.42 Å². The van der Waals surface area contributed by atoms with E-state index in [-0.39, 0.29) is 11.8 Å². The van der Waals surface area contributed by atoms with Crippen LogP contribution in [0.15, 0.2) is 0 Å². The second kappa shape index (κ2) is 10.7. The van der Waals surface area contributed by atoms with Gasteiger partial charge in [0.15, 0.2) is 0 Å². The van der Waals surface area contributed by atoms with Crippen molar-refractivity contribution in [3.8, 4) is 0 Å². The topological polar surface area (TPSA) is 151 Å². The normalized spacial score (nSPS) is 15.6. The summed E-state index contributed by atoms with van der Waals surface area (Å²) in [5.41, 5.74) is 5.51. The number of nitrogens with two attached hydrogens (primary N) is 1. The van der Waals surface area contributed by atoms with Crippen LogP contribution in [0.3, 0.4) is 0 Å². The van der Waals surface area contributed by atoms with E-state index in [9.17, 15) is 19.2 Å². The van der Waals surface area contributed by atoms with Crippen molar-refractivity contribution >= 4 is 23.7 Å². The zero-order valence-electron chi connectivity index (χ0n) is 15.5. The van der Waals surface area contributed by atoms with Crippen molar-refractivity contribution in [2.45, 2.75) is 59.2 Å². The molecule has 9 nitrogen and oxygen atoms in total. The summed E-state index contributed by atoms with van der Waals surface area (Å²) < 4.78 is 0. The molecule has 0 aliphatic heterocycles. The van der Waals surface area contributed by atoms with Gasteiger partial charge in [-0.15, -0.1) is 0 Å². The van der Waals surface area contributed by atoms with Crippen LogP contribution in [-0.2, 0) is 19.2 Å². The predicted octanol–water partition coefficient (Wildman–Crippen LogP) is -0.794. The number of aliphatic carboxylic acids is 1. The minimum Gasteiger partial charge on any atom is -0.480 e. The average Bonchev–Trinajstić information content (AvgIpc) is 2.53. The molecule has 3 amide bonds. The van der Waals surface area contributed by atoms with E-state index >= 15 is 0 Å². The lowest BCUT2D eigenvalue weighted by Gasteiger charge is -2.28. The molecule has 9 heteroatoms. The van der Waals surface area contributed by atoms with E-state index in [4.69, 9.17) is 10.8 Å². The molecule has 0 rings (SSSR count). The summed E-state index contributed by atoms with van der Waals surface area (Å²) in [6, 6.07) is -2.51. The number of carbonyl (C=O) groups excluding carboxylic acids is 3. The predicted molar refractivity (Wildman–Crippen MR) is 92.4 cm³/mol. The van der Waals surface area contributed by atoms with Gasteiger partial charge < -0.3 is 26.8 Å². The Morgan fingerprint density at radius 1 is 0.920 bits per heavy atom. The summed E-state index contributed by atoms with van der Waals surface area (Å²) in [5, 5.41) is 16.1. The third-order valence-electron chi connectivity index (χ3n) is 3.87. The maximum Gasteiger partial charge on any atom is 0.322 e.